The fraction of sp³-hybridized carbons (Fsp3) is 0.583. The number of nitrogens with zero attached hydrogens (tertiary/aromatic N) is 4. The molecule has 8 heteroatoms. The van der Waals surface area contributed by atoms with Crippen LogP contribution in [-0.2, 0) is 4.74 Å². The van der Waals surface area contributed by atoms with E-state index >= 15 is 0 Å². The van der Waals surface area contributed by atoms with Crippen LogP contribution in [0.1, 0.15) is 6.92 Å². The molecule has 0 amide bonds. The summed E-state index contributed by atoms with van der Waals surface area (Å²) in [6.45, 7) is 3.34. The van der Waals surface area contributed by atoms with Gasteiger partial charge in [0.2, 0.25) is 0 Å². The summed E-state index contributed by atoms with van der Waals surface area (Å²) in [6, 6.07) is 0.218. The van der Waals surface area contributed by atoms with Gasteiger partial charge >= 0.3 is 0 Å². The average Bonchev–Trinajstić information content (AvgIpc) is 2.91. The SMILES string of the molecule is CSc1nc2ncnc(N3CC(CO)OCC3C)c2s1. The summed E-state index contributed by atoms with van der Waals surface area (Å²) in [5.74, 6) is 0.891. The molecule has 0 bridgehead atoms. The van der Waals surface area contributed by atoms with Gasteiger partial charge in [-0.25, -0.2) is 15.0 Å². The first-order valence-corrected chi connectivity index (χ1v) is 8.41. The number of morpholine rings is 1. The van der Waals surface area contributed by atoms with E-state index in [0.29, 0.717) is 13.2 Å². The standard InChI is InChI=1S/C12H16N4O2S2/c1-7-5-18-8(4-17)3-16(7)11-9-10(13-6-14-11)15-12(19-2)20-9/h6-8,17H,3-5H2,1-2H3. The first-order chi connectivity index (χ1) is 9.72. The third-order valence-electron chi connectivity index (χ3n) is 3.31. The second-order valence-corrected chi connectivity index (χ2v) is 6.73. The Balaban J connectivity index is 2.01. The number of ether oxygens (including phenoxy) is 1. The number of hydrogen-bond donors (Lipinski definition) is 1. The first-order valence-electron chi connectivity index (χ1n) is 6.37. The smallest absolute Gasteiger partial charge is 0.176 e. The molecule has 1 fully saturated rings. The Morgan fingerprint density at radius 1 is 1.55 bits per heavy atom. The number of aromatic nitrogens is 3. The molecule has 2 atom stereocenters. The van der Waals surface area contributed by atoms with E-state index in [0.717, 1.165) is 20.5 Å². The van der Waals surface area contributed by atoms with Gasteiger partial charge in [-0.15, -0.1) is 11.3 Å². The van der Waals surface area contributed by atoms with Crippen molar-refractivity contribution in [2.75, 3.05) is 30.9 Å². The molecular formula is C12H16N4O2S2. The monoisotopic (exact) mass is 312 g/mol. The highest BCUT2D eigenvalue weighted by Gasteiger charge is 2.28. The van der Waals surface area contributed by atoms with E-state index in [4.69, 9.17) is 4.74 Å². The lowest BCUT2D eigenvalue weighted by Crippen LogP contribution is -2.50. The molecular weight excluding hydrogens is 296 g/mol. The summed E-state index contributed by atoms with van der Waals surface area (Å²) in [4.78, 5) is 15.3. The van der Waals surface area contributed by atoms with Crippen molar-refractivity contribution in [3.63, 3.8) is 0 Å². The predicted molar refractivity (Wildman–Crippen MR) is 80.6 cm³/mol. The van der Waals surface area contributed by atoms with Crippen LogP contribution in [0.3, 0.4) is 0 Å². The Labute approximate surface area is 125 Å². The fourth-order valence-electron chi connectivity index (χ4n) is 2.24. The lowest BCUT2D eigenvalue weighted by atomic mass is 10.2. The van der Waals surface area contributed by atoms with E-state index in [2.05, 4.69) is 26.8 Å². The van der Waals surface area contributed by atoms with Crippen molar-refractivity contribution >= 4 is 39.3 Å². The zero-order valence-corrected chi connectivity index (χ0v) is 12.9. The third kappa shape index (κ3) is 2.48. The van der Waals surface area contributed by atoms with Crippen LogP contribution in [0.25, 0.3) is 10.3 Å². The molecule has 1 aliphatic rings. The maximum Gasteiger partial charge on any atom is 0.176 e. The summed E-state index contributed by atoms with van der Waals surface area (Å²) in [7, 11) is 0. The second-order valence-electron chi connectivity index (χ2n) is 4.67. The molecule has 0 saturated carbocycles. The molecule has 2 aromatic heterocycles. The number of hydrogen-bond acceptors (Lipinski definition) is 8. The van der Waals surface area contributed by atoms with Crippen molar-refractivity contribution in [3.05, 3.63) is 6.33 Å². The molecule has 108 valence electrons. The quantitative estimate of drug-likeness (QED) is 0.859. The van der Waals surface area contributed by atoms with Crippen LogP contribution in [0.4, 0.5) is 5.82 Å². The number of fused-ring (bicyclic) bond motifs is 1. The number of anilines is 1. The van der Waals surface area contributed by atoms with E-state index in [1.54, 1.807) is 29.4 Å². The van der Waals surface area contributed by atoms with Crippen LogP contribution < -0.4 is 4.90 Å². The van der Waals surface area contributed by atoms with E-state index in [-0.39, 0.29) is 18.8 Å². The topological polar surface area (TPSA) is 71.4 Å². The molecule has 0 radical (unpaired) electrons. The molecule has 3 rings (SSSR count). The molecule has 2 unspecified atom stereocenters. The largest absolute Gasteiger partial charge is 0.394 e. The molecule has 3 heterocycles. The minimum absolute atomic E-state index is 0.0240. The second kappa shape index (κ2) is 5.80. The summed E-state index contributed by atoms with van der Waals surface area (Å²) in [5, 5.41) is 9.30. The normalized spacial score (nSPS) is 23.4. The Hall–Kier alpha value is -0.960. The number of aliphatic hydroxyl groups is 1. The van der Waals surface area contributed by atoms with Crippen LogP contribution in [0, 0.1) is 0 Å². The maximum atomic E-state index is 9.30. The molecule has 0 aromatic carbocycles. The molecule has 0 aliphatic carbocycles. The van der Waals surface area contributed by atoms with Gasteiger partial charge in [0, 0.05) is 6.54 Å². The molecule has 1 N–H and O–H groups in total. The summed E-state index contributed by atoms with van der Waals surface area (Å²) in [6.07, 6.45) is 3.39. The van der Waals surface area contributed by atoms with Crippen LogP contribution in [0.15, 0.2) is 10.7 Å². The minimum atomic E-state index is -0.163. The lowest BCUT2D eigenvalue weighted by molar-refractivity contribution is -0.0104. The van der Waals surface area contributed by atoms with Gasteiger partial charge < -0.3 is 14.7 Å². The van der Waals surface area contributed by atoms with E-state index in [9.17, 15) is 5.11 Å². The molecule has 6 nitrogen and oxygen atoms in total. The molecule has 2 aromatic rings. The minimum Gasteiger partial charge on any atom is -0.394 e. The lowest BCUT2D eigenvalue weighted by Gasteiger charge is -2.38. The Bertz CT molecular complexity index is 606. The maximum absolute atomic E-state index is 9.30. The zero-order valence-electron chi connectivity index (χ0n) is 11.3. The average molecular weight is 312 g/mol. The van der Waals surface area contributed by atoms with Crippen LogP contribution in [0.5, 0.6) is 0 Å². The molecule has 0 spiro atoms. The van der Waals surface area contributed by atoms with Crippen LogP contribution in [-0.4, -0.2) is 58.2 Å². The van der Waals surface area contributed by atoms with Gasteiger partial charge in [0.25, 0.3) is 0 Å². The molecule has 1 aliphatic heterocycles. The fourth-order valence-corrected chi connectivity index (χ4v) is 3.76. The highest BCUT2D eigenvalue weighted by Crippen LogP contribution is 2.34. The van der Waals surface area contributed by atoms with Gasteiger partial charge in [-0.2, -0.15) is 0 Å². The number of rotatable bonds is 3. The van der Waals surface area contributed by atoms with Gasteiger partial charge in [-0.05, 0) is 13.2 Å². The summed E-state index contributed by atoms with van der Waals surface area (Å²) in [5.41, 5.74) is 0.739. The Morgan fingerprint density at radius 3 is 3.15 bits per heavy atom. The number of aliphatic hydroxyl groups excluding tert-OH is 1. The van der Waals surface area contributed by atoms with Crippen molar-refractivity contribution in [2.24, 2.45) is 0 Å². The van der Waals surface area contributed by atoms with Gasteiger partial charge in [0.1, 0.15) is 11.0 Å². The Kier molecular flexibility index (Phi) is 4.06. The third-order valence-corrected chi connectivity index (χ3v) is 5.33. The van der Waals surface area contributed by atoms with Crippen LogP contribution in [0.2, 0.25) is 0 Å². The van der Waals surface area contributed by atoms with Crippen molar-refractivity contribution in [2.45, 2.75) is 23.4 Å². The number of thioether (sulfide) groups is 1. The highest BCUT2D eigenvalue weighted by atomic mass is 32.2. The predicted octanol–water partition coefficient (Wildman–Crippen LogP) is 1.39. The number of thiazole rings is 1. The van der Waals surface area contributed by atoms with E-state index in [1.807, 2.05) is 6.26 Å². The zero-order chi connectivity index (χ0) is 14.1. The van der Waals surface area contributed by atoms with E-state index in [1.165, 1.54) is 0 Å². The van der Waals surface area contributed by atoms with E-state index < -0.39 is 0 Å². The van der Waals surface area contributed by atoms with Gasteiger partial charge in [-0.1, -0.05) is 11.8 Å². The first kappa shape index (κ1) is 14.0. The van der Waals surface area contributed by atoms with Gasteiger partial charge in [0.15, 0.2) is 15.8 Å². The van der Waals surface area contributed by atoms with Crippen molar-refractivity contribution < 1.29 is 9.84 Å². The van der Waals surface area contributed by atoms with Crippen LogP contribution >= 0.6 is 23.1 Å². The molecule has 1 saturated heterocycles. The summed E-state index contributed by atoms with van der Waals surface area (Å²) < 4.78 is 7.57. The van der Waals surface area contributed by atoms with Gasteiger partial charge in [0.05, 0.1) is 25.4 Å². The highest BCUT2D eigenvalue weighted by molar-refractivity contribution is 8.00. The van der Waals surface area contributed by atoms with Crippen molar-refractivity contribution in [3.8, 4) is 0 Å². The summed E-state index contributed by atoms with van der Waals surface area (Å²) >= 11 is 3.22. The van der Waals surface area contributed by atoms with Crippen molar-refractivity contribution in [1.82, 2.24) is 15.0 Å². The van der Waals surface area contributed by atoms with Gasteiger partial charge in [-0.3, -0.25) is 0 Å². The molecule has 20 heavy (non-hydrogen) atoms. The van der Waals surface area contributed by atoms with Crippen molar-refractivity contribution in [1.29, 1.82) is 0 Å². The Morgan fingerprint density at radius 2 is 2.40 bits per heavy atom.